The lowest BCUT2D eigenvalue weighted by Gasteiger charge is -2.31. The lowest BCUT2D eigenvalue weighted by atomic mass is 9.97. The molecule has 1 unspecified atom stereocenters. The second-order valence-electron chi connectivity index (χ2n) is 6.66. The number of carbonyl (C=O) groups excluding carboxylic acids is 1. The molecule has 2 aromatic heterocycles. The number of likely N-dealkylation sites (tertiary alicyclic amines) is 1. The molecule has 4 rings (SSSR count). The van der Waals surface area contributed by atoms with Gasteiger partial charge in [0, 0.05) is 31.9 Å². The molecule has 3 heterocycles. The van der Waals surface area contributed by atoms with E-state index in [2.05, 4.69) is 22.1 Å². The summed E-state index contributed by atoms with van der Waals surface area (Å²) in [6.45, 7) is 1.40. The molecule has 1 saturated heterocycles. The largest absolute Gasteiger partial charge is 0.445 e. The summed E-state index contributed by atoms with van der Waals surface area (Å²) in [4.78, 5) is 23.1. The van der Waals surface area contributed by atoms with Gasteiger partial charge >= 0.3 is 0 Å². The average molecular weight is 347 g/mol. The molecular weight excluding hydrogens is 326 g/mol. The minimum atomic E-state index is 0.0267. The maximum absolute atomic E-state index is 12.7. The molecule has 0 radical (unpaired) electrons. The Kier molecular flexibility index (Phi) is 4.78. The first-order valence-corrected chi connectivity index (χ1v) is 8.97. The van der Waals surface area contributed by atoms with Gasteiger partial charge in [-0.2, -0.15) is 0 Å². The second kappa shape index (κ2) is 7.52. The summed E-state index contributed by atoms with van der Waals surface area (Å²) < 4.78 is 6.00. The van der Waals surface area contributed by atoms with Crippen LogP contribution < -0.4 is 0 Å². The molecule has 3 aromatic rings. The van der Waals surface area contributed by atoms with E-state index in [0.29, 0.717) is 12.1 Å². The summed E-state index contributed by atoms with van der Waals surface area (Å²) in [6, 6.07) is 13.8. The lowest BCUT2D eigenvalue weighted by Crippen LogP contribution is -2.39. The average Bonchev–Trinajstić information content (AvgIpc) is 3.17. The van der Waals surface area contributed by atoms with Crippen LogP contribution in [0.15, 0.2) is 65.5 Å². The molecule has 1 atom stereocenters. The van der Waals surface area contributed by atoms with Gasteiger partial charge in [-0.25, -0.2) is 4.98 Å². The van der Waals surface area contributed by atoms with E-state index in [1.165, 1.54) is 5.56 Å². The Hall–Kier alpha value is -2.95. The van der Waals surface area contributed by atoms with Crippen molar-refractivity contribution in [1.82, 2.24) is 14.9 Å². The fraction of sp³-hybridized carbons (Fsp3) is 0.286. The van der Waals surface area contributed by atoms with E-state index in [-0.39, 0.29) is 11.8 Å². The predicted molar refractivity (Wildman–Crippen MR) is 97.9 cm³/mol. The highest BCUT2D eigenvalue weighted by Gasteiger charge is 2.28. The van der Waals surface area contributed by atoms with Crippen molar-refractivity contribution < 1.29 is 9.21 Å². The molecule has 0 aliphatic carbocycles. The van der Waals surface area contributed by atoms with Crippen LogP contribution in [-0.4, -0.2) is 33.9 Å². The van der Waals surface area contributed by atoms with E-state index in [0.717, 1.165) is 37.5 Å². The van der Waals surface area contributed by atoms with Crippen LogP contribution in [-0.2, 0) is 6.42 Å². The SMILES string of the molecule is O=C(c1cccnc1)N1CCCC(c2ncc(Cc3ccccc3)o2)C1. The molecule has 26 heavy (non-hydrogen) atoms. The van der Waals surface area contributed by atoms with Crippen LogP contribution in [0.5, 0.6) is 0 Å². The van der Waals surface area contributed by atoms with E-state index in [9.17, 15) is 4.79 Å². The van der Waals surface area contributed by atoms with Crippen molar-refractivity contribution in [1.29, 1.82) is 0 Å². The van der Waals surface area contributed by atoms with Crippen molar-refractivity contribution in [3.63, 3.8) is 0 Å². The van der Waals surface area contributed by atoms with Gasteiger partial charge in [-0.05, 0) is 30.5 Å². The molecule has 132 valence electrons. The molecular formula is C21H21N3O2. The lowest BCUT2D eigenvalue weighted by molar-refractivity contribution is 0.0697. The van der Waals surface area contributed by atoms with Gasteiger partial charge in [0.1, 0.15) is 5.76 Å². The Morgan fingerprint density at radius 3 is 2.85 bits per heavy atom. The van der Waals surface area contributed by atoms with Crippen molar-refractivity contribution in [2.24, 2.45) is 0 Å². The van der Waals surface area contributed by atoms with Crippen molar-refractivity contribution >= 4 is 5.91 Å². The third kappa shape index (κ3) is 3.67. The van der Waals surface area contributed by atoms with Crippen LogP contribution in [0.3, 0.4) is 0 Å². The van der Waals surface area contributed by atoms with Gasteiger partial charge in [0.25, 0.3) is 5.91 Å². The molecule has 1 aromatic carbocycles. The van der Waals surface area contributed by atoms with Gasteiger partial charge in [0.05, 0.1) is 17.7 Å². The summed E-state index contributed by atoms with van der Waals surface area (Å²) in [7, 11) is 0. The number of hydrogen-bond acceptors (Lipinski definition) is 4. The number of nitrogens with zero attached hydrogens (tertiary/aromatic N) is 3. The van der Waals surface area contributed by atoms with E-state index in [1.807, 2.05) is 35.4 Å². The fourth-order valence-corrected chi connectivity index (χ4v) is 3.43. The smallest absolute Gasteiger partial charge is 0.255 e. The van der Waals surface area contributed by atoms with Crippen molar-refractivity contribution in [2.75, 3.05) is 13.1 Å². The summed E-state index contributed by atoms with van der Waals surface area (Å²) in [5.74, 6) is 1.77. The number of oxazole rings is 1. The first-order valence-electron chi connectivity index (χ1n) is 8.97. The Bertz CT molecular complexity index is 861. The van der Waals surface area contributed by atoms with Crippen LogP contribution in [0.2, 0.25) is 0 Å². The maximum Gasteiger partial charge on any atom is 0.255 e. The summed E-state index contributed by atoms with van der Waals surface area (Å²) in [6.07, 6.45) is 7.78. The van der Waals surface area contributed by atoms with Gasteiger partial charge in [-0.15, -0.1) is 0 Å². The molecule has 1 aliphatic rings. The van der Waals surface area contributed by atoms with Crippen LogP contribution in [0.4, 0.5) is 0 Å². The Balaban J connectivity index is 1.44. The Labute approximate surface area is 152 Å². The third-order valence-electron chi connectivity index (χ3n) is 4.76. The number of piperidine rings is 1. The van der Waals surface area contributed by atoms with Crippen LogP contribution in [0.1, 0.15) is 46.3 Å². The first kappa shape index (κ1) is 16.5. The minimum Gasteiger partial charge on any atom is -0.445 e. The molecule has 5 heteroatoms. The number of carbonyl (C=O) groups is 1. The standard InChI is InChI=1S/C21H21N3O2/c25-21(17-8-4-10-22-13-17)24-11-5-9-18(15-24)20-23-14-19(26-20)12-16-6-2-1-3-7-16/h1-4,6-8,10,13-14,18H,5,9,11-12,15H2. The first-order chi connectivity index (χ1) is 12.8. The number of amides is 1. The van der Waals surface area contributed by atoms with Crippen molar-refractivity contribution in [3.05, 3.63) is 83.8 Å². The molecule has 0 N–H and O–H groups in total. The van der Waals surface area contributed by atoms with Gasteiger partial charge in [-0.3, -0.25) is 9.78 Å². The van der Waals surface area contributed by atoms with Gasteiger partial charge in [0.15, 0.2) is 5.89 Å². The number of rotatable bonds is 4. The molecule has 0 saturated carbocycles. The maximum atomic E-state index is 12.7. The van der Waals surface area contributed by atoms with Gasteiger partial charge < -0.3 is 9.32 Å². The second-order valence-corrected chi connectivity index (χ2v) is 6.66. The number of pyridine rings is 1. The molecule has 1 aliphatic heterocycles. The molecule has 0 spiro atoms. The van der Waals surface area contributed by atoms with E-state index >= 15 is 0 Å². The quantitative estimate of drug-likeness (QED) is 0.722. The molecule has 1 amide bonds. The third-order valence-corrected chi connectivity index (χ3v) is 4.76. The van der Waals surface area contributed by atoms with Gasteiger partial charge in [-0.1, -0.05) is 30.3 Å². The van der Waals surface area contributed by atoms with E-state index in [4.69, 9.17) is 4.42 Å². The molecule has 1 fully saturated rings. The van der Waals surface area contributed by atoms with Crippen molar-refractivity contribution in [2.45, 2.75) is 25.2 Å². The summed E-state index contributed by atoms with van der Waals surface area (Å²) in [5.41, 5.74) is 1.83. The van der Waals surface area contributed by atoms with E-state index < -0.39 is 0 Å². The monoisotopic (exact) mass is 347 g/mol. The number of benzene rings is 1. The summed E-state index contributed by atoms with van der Waals surface area (Å²) in [5, 5.41) is 0. The topological polar surface area (TPSA) is 59.2 Å². The fourth-order valence-electron chi connectivity index (χ4n) is 3.43. The minimum absolute atomic E-state index is 0.0267. The normalized spacial score (nSPS) is 17.2. The zero-order valence-corrected chi connectivity index (χ0v) is 14.5. The zero-order valence-electron chi connectivity index (χ0n) is 14.5. The Morgan fingerprint density at radius 2 is 2.04 bits per heavy atom. The highest BCUT2D eigenvalue weighted by Crippen LogP contribution is 2.28. The highest BCUT2D eigenvalue weighted by atomic mass is 16.4. The molecule has 5 nitrogen and oxygen atoms in total. The van der Waals surface area contributed by atoms with Crippen molar-refractivity contribution in [3.8, 4) is 0 Å². The Morgan fingerprint density at radius 1 is 1.15 bits per heavy atom. The predicted octanol–water partition coefficient (Wildman–Crippen LogP) is 3.68. The number of hydrogen-bond donors (Lipinski definition) is 0. The molecule has 0 bridgehead atoms. The van der Waals surface area contributed by atoms with Crippen LogP contribution in [0, 0.1) is 0 Å². The van der Waals surface area contributed by atoms with E-state index in [1.54, 1.807) is 18.5 Å². The zero-order chi connectivity index (χ0) is 17.8. The highest BCUT2D eigenvalue weighted by molar-refractivity contribution is 5.93. The van der Waals surface area contributed by atoms with Crippen LogP contribution >= 0.6 is 0 Å². The number of aromatic nitrogens is 2. The summed E-state index contributed by atoms with van der Waals surface area (Å²) >= 11 is 0. The van der Waals surface area contributed by atoms with Gasteiger partial charge in [0.2, 0.25) is 0 Å². The van der Waals surface area contributed by atoms with Crippen LogP contribution in [0.25, 0.3) is 0 Å².